The Labute approximate surface area is 130 Å². The molecule has 3 nitrogen and oxygen atoms in total. The van der Waals surface area contributed by atoms with Gasteiger partial charge in [0.05, 0.1) is 0 Å². The lowest BCUT2D eigenvalue weighted by Crippen LogP contribution is -2.25. The summed E-state index contributed by atoms with van der Waals surface area (Å²) >= 11 is 3.43. The number of alkyl carbamates (subject to hydrolysis) is 1. The number of hydrogen-bond acceptors (Lipinski definition) is 2. The standard InChI is InChI=1S/C16H24BrNO2/c17-12-8-3-1-2-4-9-13-18-16(19)20-14-15-10-6-5-7-11-15/h5-7,10-11H,1-4,8-9,12-14H2,(H,18,19). The van der Waals surface area contributed by atoms with Crippen molar-refractivity contribution in [1.29, 1.82) is 0 Å². The summed E-state index contributed by atoms with van der Waals surface area (Å²) in [5, 5.41) is 3.89. The van der Waals surface area contributed by atoms with Gasteiger partial charge in [-0.1, -0.05) is 71.9 Å². The van der Waals surface area contributed by atoms with Gasteiger partial charge in [-0.15, -0.1) is 0 Å². The smallest absolute Gasteiger partial charge is 0.407 e. The fourth-order valence-electron chi connectivity index (χ4n) is 1.89. The molecule has 0 aliphatic heterocycles. The van der Waals surface area contributed by atoms with Crippen LogP contribution in [0.15, 0.2) is 30.3 Å². The van der Waals surface area contributed by atoms with Gasteiger partial charge in [0.2, 0.25) is 0 Å². The predicted octanol–water partition coefficient (Wildman–Crippen LogP) is 4.65. The summed E-state index contributed by atoms with van der Waals surface area (Å²) in [7, 11) is 0. The Morgan fingerprint density at radius 1 is 1.00 bits per heavy atom. The molecule has 1 amide bonds. The Balaban J connectivity index is 1.93. The Bertz CT molecular complexity index is 357. The SMILES string of the molecule is O=C(NCCCCCCCCBr)OCc1ccccc1. The minimum atomic E-state index is -0.326. The molecule has 0 aliphatic rings. The highest BCUT2D eigenvalue weighted by molar-refractivity contribution is 9.09. The molecule has 0 bridgehead atoms. The quantitative estimate of drug-likeness (QED) is 0.497. The molecule has 0 saturated carbocycles. The second-order valence-corrected chi connectivity index (χ2v) is 5.59. The number of unbranched alkanes of at least 4 members (excludes halogenated alkanes) is 5. The van der Waals surface area contributed by atoms with Crippen molar-refractivity contribution in [3.63, 3.8) is 0 Å². The first-order valence-electron chi connectivity index (χ1n) is 7.33. The Hall–Kier alpha value is -1.03. The number of hydrogen-bond donors (Lipinski definition) is 1. The van der Waals surface area contributed by atoms with Crippen LogP contribution in [0, 0.1) is 0 Å². The van der Waals surface area contributed by atoms with Crippen LogP contribution in [-0.4, -0.2) is 18.0 Å². The van der Waals surface area contributed by atoms with Crippen LogP contribution in [0.2, 0.25) is 0 Å². The largest absolute Gasteiger partial charge is 0.445 e. The first kappa shape index (κ1) is 17.0. The van der Waals surface area contributed by atoms with Crippen LogP contribution in [-0.2, 0) is 11.3 Å². The molecule has 0 aliphatic carbocycles. The van der Waals surface area contributed by atoms with E-state index in [9.17, 15) is 4.79 Å². The maximum Gasteiger partial charge on any atom is 0.407 e. The van der Waals surface area contributed by atoms with Crippen LogP contribution in [0.3, 0.4) is 0 Å². The van der Waals surface area contributed by atoms with E-state index < -0.39 is 0 Å². The summed E-state index contributed by atoms with van der Waals surface area (Å²) in [6.45, 7) is 1.03. The number of alkyl halides is 1. The van der Waals surface area contributed by atoms with Crippen molar-refractivity contribution in [2.24, 2.45) is 0 Å². The zero-order valence-electron chi connectivity index (χ0n) is 11.9. The number of ether oxygens (including phenoxy) is 1. The molecule has 0 spiro atoms. The zero-order chi connectivity index (χ0) is 14.5. The van der Waals surface area contributed by atoms with Crippen molar-refractivity contribution >= 4 is 22.0 Å². The minimum absolute atomic E-state index is 0.326. The predicted molar refractivity (Wildman–Crippen MR) is 86.1 cm³/mol. The molecule has 1 aromatic carbocycles. The summed E-state index contributed by atoms with van der Waals surface area (Å²) in [5.74, 6) is 0. The number of rotatable bonds is 10. The molecule has 0 radical (unpaired) electrons. The van der Waals surface area contributed by atoms with Crippen molar-refractivity contribution in [1.82, 2.24) is 5.32 Å². The van der Waals surface area contributed by atoms with Crippen molar-refractivity contribution in [3.8, 4) is 0 Å². The first-order valence-corrected chi connectivity index (χ1v) is 8.45. The van der Waals surface area contributed by atoms with Crippen LogP contribution in [0.5, 0.6) is 0 Å². The average Bonchev–Trinajstić information content (AvgIpc) is 2.49. The highest BCUT2D eigenvalue weighted by Gasteiger charge is 2.01. The van der Waals surface area contributed by atoms with Crippen molar-refractivity contribution in [2.75, 3.05) is 11.9 Å². The molecular formula is C16H24BrNO2. The molecule has 1 rings (SSSR count). The summed E-state index contributed by atoms with van der Waals surface area (Å²) in [5.41, 5.74) is 1.01. The Morgan fingerprint density at radius 2 is 1.65 bits per heavy atom. The first-order chi connectivity index (χ1) is 9.83. The van der Waals surface area contributed by atoms with Crippen molar-refractivity contribution in [3.05, 3.63) is 35.9 Å². The molecule has 1 N–H and O–H groups in total. The van der Waals surface area contributed by atoms with Gasteiger partial charge in [-0.05, 0) is 18.4 Å². The third kappa shape index (κ3) is 8.97. The van der Waals surface area contributed by atoms with Gasteiger partial charge in [0.25, 0.3) is 0 Å². The van der Waals surface area contributed by atoms with E-state index in [1.807, 2.05) is 30.3 Å². The van der Waals surface area contributed by atoms with E-state index in [0.29, 0.717) is 13.2 Å². The Kier molecular flexibility index (Phi) is 10.0. The van der Waals surface area contributed by atoms with E-state index in [4.69, 9.17) is 4.74 Å². The average molecular weight is 342 g/mol. The lowest BCUT2D eigenvalue weighted by Gasteiger charge is -2.07. The van der Waals surface area contributed by atoms with Gasteiger partial charge in [-0.25, -0.2) is 4.79 Å². The van der Waals surface area contributed by atoms with Gasteiger partial charge < -0.3 is 10.1 Å². The lowest BCUT2D eigenvalue weighted by atomic mass is 10.1. The second kappa shape index (κ2) is 11.8. The highest BCUT2D eigenvalue weighted by Crippen LogP contribution is 2.06. The van der Waals surface area contributed by atoms with Gasteiger partial charge in [0, 0.05) is 11.9 Å². The molecule has 20 heavy (non-hydrogen) atoms. The molecular weight excluding hydrogens is 318 g/mol. The Morgan fingerprint density at radius 3 is 2.35 bits per heavy atom. The summed E-state index contributed by atoms with van der Waals surface area (Å²) in [6.07, 6.45) is 6.93. The summed E-state index contributed by atoms with van der Waals surface area (Å²) in [4.78, 5) is 11.5. The van der Waals surface area contributed by atoms with E-state index in [-0.39, 0.29) is 6.09 Å². The monoisotopic (exact) mass is 341 g/mol. The third-order valence-electron chi connectivity index (χ3n) is 3.04. The van der Waals surface area contributed by atoms with E-state index in [0.717, 1.165) is 17.3 Å². The maximum atomic E-state index is 11.5. The van der Waals surface area contributed by atoms with Crippen LogP contribution in [0.4, 0.5) is 4.79 Å². The maximum absolute atomic E-state index is 11.5. The highest BCUT2D eigenvalue weighted by atomic mass is 79.9. The topological polar surface area (TPSA) is 38.3 Å². The van der Waals surface area contributed by atoms with Gasteiger partial charge in [0.15, 0.2) is 0 Å². The number of halogens is 1. The van der Waals surface area contributed by atoms with Gasteiger partial charge in [-0.3, -0.25) is 0 Å². The fraction of sp³-hybridized carbons (Fsp3) is 0.562. The molecule has 0 heterocycles. The molecule has 0 aromatic heterocycles. The van der Waals surface area contributed by atoms with Crippen LogP contribution in [0.25, 0.3) is 0 Å². The van der Waals surface area contributed by atoms with Gasteiger partial charge in [-0.2, -0.15) is 0 Å². The van der Waals surface area contributed by atoms with Crippen LogP contribution in [0.1, 0.15) is 44.1 Å². The molecule has 0 saturated heterocycles. The van der Waals surface area contributed by atoms with E-state index in [2.05, 4.69) is 21.2 Å². The van der Waals surface area contributed by atoms with Crippen molar-refractivity contribution < 1.29 is 9.53 Å². The zero-order valence-corrected chi connectivity index (χ0v) is 13.5. The molecule has 112 valence electrons. The van der Waals surface area contributed by atoms with Gasteiger partial charge >= 0.3 is 6.09 Å². The second-order valence-electron chi connectivity index (χ2n) is 4.80. The fourth-order valence-corrected chi connectivity index (χ4v) is 2.29. The van der Waals surface area contributed by atoms with Crippen molar-refractivity contribution in [2.45, 2.75) is 45.1 Å². The normalized spacial score (nSPS) is 10.2. The third-order valence-corrected chi connectivity index (χ3v) is 3.60. The molecule has 0 unspecified atom stereocenters. The number of carbonyl (C=O) groups is 1. The number of nitrogens with one attached hydrogen (secondary N) is 1. The van der Waals surface area contributed by atoms with Gasteiger partial charge in [0.1, 0.15) is 6.61 Å². The van der Waals surface area contributed by atoms with E-state index >= 15 is 0 Å². The lowest BCUT2D eigenvalue weighted by molar-refractivity contribution is 0.139. The summed E-state index contributed by atoms with van der Waals surface area (Å²) < 4.78 is 5.13. The number of carbonyl (C=O) groups excluding carboxylic acids is 1. The molecule has 4 heteroatoms. The number of amides is 1. The molecule has 0 atom stereocenters. The molecule has 1 aromatic rings. The van der Waals surface area contributed by atoms with Crippen LogP contribution < -0.4 is 5.32 Å². The minimum Gasteiger partial charge on any atom is -0.445 e. The summed E-state index contributed by atoms with van der Waals surface area (Å²) in [6, 6.07) is 9.71. The van der Waals surface area contributed by atoms with Crippen LogP contribution >= 0.6 is 15.9 Å². The molecule has 0 fully saturated rings. The van der Waals surface area contributed by atoms with E-state index in [1.165, 1.54) is 32.1 Å². The number of benzene rings is 1. The van der Waals surface area contributed by atoms with E-state index in [1.54, 1.807) is 0 Å².